The van der Waals surface area contributed by atoms with Gasteiger partial charge < -0.3 is 9.52 Å². The molecule has 0 radical (unpaired) electrons. The van der Waals surface area contributed by atoms with Crippen molar-refractivity contribution in [2.75, 3.05) is 0 Å². The molecule has 29 heavy (non-hydrogen) atoms. The van der Waals surface area contributed by atoms with E-state index in [-0.39, 0.29) is 34.8 Å². The second-order valence-electron chi connectivity index (χ2n) is 6.31. The highest BCUT2D eigenvalue weighted by Crippen LogP contribution is 2.26. The summed E-state index contributed by atoms with van der Waals surface area (Å²) < 4.78 is 6.26. The molecule has 3 aromatic rings. The molecule has 0 bridgehead atoms. The number of nitrogens with zero attached hydrogens (tertiary/aromatic N) is 4. The third kappa shape index (κ3) is 3.77. The molecular weight excluding hydrogens is 376 g/mol. The van der Waals surface area contributed by atoms with Gasteiger partial charge in [-0.1, -0.05) is 0 Å². The van der Waals surface area contributed by atoms with E-state index in [1.165, 1.54) is 30.7 Å². The Labute approximate surface area is 164 Å². The minimum absolute atomic E-state index is 0.0516. The van der Waals surface area contributed by atoms with Crippen molar-refractivity contribution in [3.63, 3.8) is 0 Å². The minimum Gasteiger partial charge on any atom is -0.494 e. The van der Waals surface area contributed by atoms with Crippen LogP contribution < -0.4 is 5.56 Å². The molecule has 0 unspecified atom stereocenters. The second-order valence-corrected chi connectivity index (χ2v) is 6.31. The number of aromatic nitrogens is 1. The van der Waals surface area contributed by atoms with Crippen LogP contribution in [0.1, 0.15) is 28.0 Å². The summed E-state index contributed by atoms with van der Waals surface area (Å²) in [6.07, 6.45) is 2.77. The van der Waals surface area contributed by atoms with E-state index in [4.69, 9.17) is 4.42 Å². The lowest BCUT2D eigenvalue weighted by Gasteiger charge is -2.13. The monoisotopic (exact) mass is 392 g/mol. The van der Waals surface area contributed by atoms with E-state index in [9.17, 15) is 25.3 Å². The summed E-state index contributed by atoms with van der Waals surface area (Å²) in [5, 5.41) is 30.9. The van der Waals surface area contributed by atoms with Gasteiger partial charge in [0.05, 0.1) is 29.0 Å². The number of aryl methyl sites for hydroxylation is 1. The van der Waals surface area contributed by atoms with Crippen molar-refractivity contribution < 1.29 is 14.4 Å². The lowest BCUT2D eigenvalue weighted by Crippen LogP contribution is -2.25. The molecular formula is C20H16N4O5. The van der Waals surface area contributed by atoms with Crippen LogP contribution in [0.3, 0.4) is 0 Å². The predicted octanol–water partition coefficient (Wildman–Crippen LogP) is 3.34. The van der Waals surface area contributed by atoms with Crippen molar-refractivity contribution in [1.82, 2.24) is 4.57 Å². The first-order valence-corrected chi connectivity index (χ1v) is 8.51. The van der Waals surface area contributed by atoms with Gasteiger partial charge >= 0.3 is 0 Å². The normalized spacial score (nSPS) is 10.9. The van der Waals surface area contributed by atoms with Gasteiger partial charge in [0.15, 0.2) is 0 Å². The summed E-state index contributed by atoms with van der Waals surface area (Å²) in [5.74, 6) is 0.0791. The lowest BCUT2D eigenvalue weighted by molar-refractivity contribution is -0.384. The van der Waals surface area contributed by atoms with E-state index in [1.807, 2.05) is 6.07 Å². The summed E-state index contributed by atoms with van der Waals surface area (Å²) >= 11 is 0. The third-order valence-electron chi connectivity index (χ3n) is 4.46. The molecule has 0 saturated heterocycles. The van der Waals surface area contributed by atoms with Crippen molar-refractivity contribution in [1.29, 1.82) is 5.26 Å². The largest absolute Gasteiger partial charge is 0.494 e. The first-order chi connectivity index (χ1) is 13.8. The SMILES string of the molecule is Cc1cc([N+](=O)[O-])ccc1N=Cc1c(C)c(C#N)c(=O)n(Cc2ccco2)c1O. The van der Waals surface area contributed by atoms with Crippen molar-refractivity contribution in [3.8, 4) is 11.9 Å². The highest BCUT2D eigenvalue weighted by atomic mass is 16.6. The molecule has 0 aliphatic carbocycles. The Kier molecular flexibility index (Phi) is 5.27. The second kappa shape index (κ2) is 7.82. The maximum atomic E-state index is 12.6. The van der Waals surface area contributed by atoms with Gasteiger partial charge in [0.2, 0.25) is 5.88 Å². The molecule has 9 heteroatoms. The van der Waals surface area contributed by atoms with Crippen LogP contribution in [0.4, 0.5) is 11.4 Å². The quantitative estimate of drug-likeness (QED) is 0.402. The van der Waals surface area contributed by atoms with E-state index in [0.717, 1.165) is 4.57 Å². The van der Waals surface area contributed by atoms with Crippen LogP contribution in [0.15, 0.2) is 50.8 Å². The van der Waals surface area contributed by atoms with Crippen molar-refractivity contribution in [2.45, 2.75) is 20.4 Å². The maximum absolute atomic E-state index is 12.6. The number of hydrogen-bond donors (Lipinski definition) is 1. The molecule has 0 aliphatic heterocycles. The van der Waals surface area contributed by atoms with Crippen LogP contribution >= 0.6 is 0 Å². The molecule has 9 nitrogen and oxygen atoms in total. The molecule has 0 spiro atoms. The summed E-state index contributed by atoms with van der Waals surface area (Å²) in [7, 11) is 0. The van der Waals surface area contributed by atoms with Crippen molar-refractivity contribution >= 4 is 17.6 Å². The number of furan rings is 1. The van der Waals surface area contributed by atoms with Crippen LogP contribution in [-0.2, 0) is 6.54 Å². The Balaban J connectivity index is 2.09. The molecule has 0 fully saturated rings. The van der Waals surface area contributed by atoms with Crippen LogP contribution in [-0.4, -0.2) is 20.8 Å². The highest BCUT2D eigenvalue weighted by molar-refractivity contribution is 5.87. The maximum Gasteiger partial charge on any atom is 0.271 e. The fourth-order valence-corrected chi connectivity index (χ4v) is 2.86. The van der Waals surface area contributed by atoms with Crippen LogP contribution in [0.5, 0.6) is 5.88 Å². The Bertz CT molecular complexity index is 1220. The number of nitro benzene ring substituents is 1. The first kappa shape index (κ1) is 19.6. The van der Waals surface area contributed by atoms with Crippen molar-refractivity contribution in [3.05, 3.63) is 85.1 Å². The smallest absolute Gasteiger partial charge is 0.271 e. The number of aliphatic imine (C=N–C) groups is 1. The summed E-state index contributed by atoms with van der Waals surface area (Å²) in [4.78, 5) is 27.2. The number of pyridine rings is 1. The number of rotatable bonds is 5. The molecule has 0 aliphatic rings. The number of hydrogen-bond acceptors (Lipinski definition) is 7. The summed E-state index contributed by atoms with van der Waals surface area (Å²) in [6, 6.07) is 9.36. The predicted molar refractivity (Wildman–Crippen MR) is 105 cm³/mol. The van der Waals surface area contributed by atoms with Crippen molar-refractivity contribution in [2.24, 2.45) is 4.99 Å². The number of non-ortho nitro benzene ring substituents is 1. The molecule has 1 N–H and O–H groups in total. The molecule has 0 saturated carbocycles. The van der Waals surface area contributed by atoms with Gasteiger partial charge in [0, 0.05) is 18.3 Å². The topological polar surface area (TPSA) is 135 Å². The zero-order valence-corrected chi connectivity index (χ0v) is 15.6. The number of nitro groups is 1. The van der Waals surface area contributed by atoms with E-state index >= 15 is 0 Å². The van der Waals surface area contributed by atoms with E-state index in [0.29, 0.717) is 17.0 Å². The van der Waals surface area contributed by atoms with Gasteiger partial charge in [-0.25, -0.2) is 0 Å². The van der Waals surface area contributed by atoms with Crippen LogP contribution in [0.25, 0.3) is 0 Å². The summed E-state index contributed by atoms with van der Waals surface area (Å²) in [6.45, 7) is 3.16. The average molecular weight is 392 g/mol. The Morgan fingerprint density at radius 2 is 2.14 bits per heavy atom. The molecule has 3 rings (SSSR count). The van der Waals surface area contributed by atoms with E-state index < -0.39 is 10.5 Å². The van der Waals surface area contributed by atoms with Gasteiger partial charge in [-0.05, 0) is 43.2 Å². The minimum atomic E-state index is -0.637. The number of benzene rings is 1. The average Bonchev–Trinajstić information content (AvgIpc) is 3.19. The zero-order valence-electron chi connectivity index (χ0n) is 15.6. The number of nitriles is 1. The van der Waals surface area contributed by atoms with Crippen LogP contribution in [0, 0.1) is 35.3 Å². The van der Waals surface area contributed by atoms with Gasteiger partial charge in [0.1, 0.15) is 17.4 Å². The molecule has 0 amide bonds. The van der Waals surface area contributed by atoms with Gasteiger partial charge in [-0.15, -0.1) is 0 Å². The van der Waals surface area contributed by atoms with Gasteiger partial charge in [-0.2, -0.15) is 5.26 Å². The molecule has 0 atom stereocenters. The summed E-state index contributed by atoms with van der Waals surface area (Å²) in [5.41, 5.74) is 0.700. The molecule has 2 heterocycles. The van der Waals surface area contributed by atoms with Crippen LogP contribution in [0.2, 0.25) is 0 Å². The standard InChI is InChI=1S/C20H16N4O5/c1-12-8-14(24(27)28)5-6-18(12)22-10-17-13(2)16(9-21)19(25)23(20(17)26)11-15-4-3-7-29-15/h3-8,10,26H,11H2,1-2H3. The fourth-order valence-electron chi connectivity index (χ4n) is 2.86. The lowest BCUT2D eigenvalue weighted by atomic mass is 10.1. The first-order valence-electron chi connectivity index (χ1n) is 8.51. The molecule has 1 aromatic carbocycles. The molecule has 2 aromatic heterocycles. The fraction of sp³-hybridized carbons (Fsp3) is 0.150. The Hall–Kier alpha value is -4.19. The van der Waals surface area contributed by atoms with Gasteiger partial charge in [0.25, 0.3) is 11.2 Å². The Morgan fingerprint density at radius 3 is 2.72 bits per heavy atom. The van der Waals surface area contributed by atoms with E-state index in [1.54, 1.807) is 26.0 Å². The Morgan fingerprint density at radius 1 is 1.38 bits per heavy atom. The zero-order chi connectivity index (χ0) is 21.1. The molecule has 146 valence electrons. The van der Waals surface area contributed by atoms with E-state index in [2.05, 4.69) is 4.99 Å². The van der Waals surface area contributed by atoms with Gasteiger partial charge in [-0.3, -0.25) is 24.5 Å². The third-order valence-corrected chi connectivity index (χ3v) is 4.46. The highest BCUT2D eigenvalue weighted by Gasteiger charge is 2.19. The number of aromatic hydroxyl groups is 1.